The van der Waals surface area contributed by atoms with Crippen LogP contribution in [0.5, 0.6) is 0 Å². The van der Waals surface area contributed by atoms with Gasteiger partial charge in [-0.05, 0) is 24.8 Å². The van der Waals surface area contributed by atoms with Crippen molar-refractivity contribution in [2.45, 2.75) is 25.0 Å². The zero-order valence-corrected chi connectivity index (χ0v) is 12.8. The highest BCUT2D eigenvalue weighted by molar-refractivity contribution is 5.81. The summed E-state index contributed by atoms with van der Waals surface area (Å²) in [5, 5.41) is 2.85. The van der Waals surface area contributed by atoms with E-state index in [0.29, 0.717) is 19.1 Å². The van der Waals surface area contributed by atoms with E-state index in [4.69, 9.17) is 9.47 Å². The normalized spacial score (nSPS) is 27.5. The molecule has 3 atom stereocenters. The lowest BCUT2D eigenvalue weighted by Gasteiger charge is -2.33. The molecule has 2 aliphatic rings. The summed E-state index contributed by atoms with van der Waals surface area (Å²) in [6.45, 7) is 2.70. The second kappa shape index (κ2) is 7.02. The van der Waals surface area contributed by atoms with Crippen molar-refractivity contribution in [3.63, 3.8) is 0 Å². The molecular formula is C15H22N4O3. The van der Waals surface area contributed by atoms with Gasteiger partial charge in [-0.15, -0.1) is 0 Å². The van der Waals surface area contributed by atoms with Gasteiger partial charge in [-0.25, -0.2) is 9.97 Å². The molecule has 7 nitrogen and oxygen atoms in total. The maximum absolute atomic E-state index is 12.1. The lowest BCUT2D eigenvalue weighted by Crippen LogP contribution is -2.43. The number of carbonyl (C=O) groups excluding carboxylic acids is 1. The Morgan fingerprint density at radius 3 is 3.09 bits per heavy atom. The Labute approximate surface area is 130 Å². The van der Waals surface area contributed by atoms with Gasteiger partial charge in [-0.2, -0.15) is 0 Å². The molecule has 3 rings (SSSR count). The van der Waals surface area contributed by atoms with Crippen LogP contribution >= 0.6 is 0 Å². The second-order valence-corrected chi connectivity index (χ2v) is 5.73. The quantitative estimate of drug-likeness (QED) is 0.785. The number of amides is 1. The van der Waals surface area contributed by atoms with Crippen LogP contribution in [0.3, 0.4) is 0 Å². The average molecular weight is 306 g/mol. The van der Waals surface area contributed by atoms with Gasteiger partial charge >= 0.3 is 0 Å². The van der Waals surface area contributed by atoms with Gasteiger partial charge < -0.3 is 19.7 Å². The van der Waals surface area contributed by atoms with Crippen LogP contribution < -0.4 is 10.2 Å². The zero-order valence-electron chi connectivity index (χ0n) is 12.8. The summed E-state index contributed by atoms with van der Waals surface area (Å²) in [5.41, 5.74) is 0. The SMILES string of the molecule is COCCNC(=O)[C@@H]1C[C@@H]2CCN(c3ncccn3)C[C@@H]2O1. The Balaban J connectivity index is 1.54. The molecule has 0 radical (unpaired) electrons. The molecule has 22 heavy (non-hydrogen) atoms. The van der Waals surface area contributed by atoms with E-state index in [2.05, 4.69) is 20.2 Å². The molecule has 1 aromatic heterocycles. The lowest BCUT2D eigenvalue weighted by atomic mass is 9.92. The summed E-state index contributed by atoms with van der Waals surface area (Å²) in [6, 6.07) is 1.81. The summed E-state index contributed by atoms with van der Waals surface area (Å²) in [5.74, 6) is 1.14. The Bertz CT molecular complexity index is 499. The highest BCUT2D eigenvalue weighted by Crippen LogP contribution is 2.34. The summed E-state index contributed by atoms with van der Waals surface area (Å²) < 4.78 is 10.9. The Morgan fingerprint density at radius 1 is 1.50 bits per heavy atom. The summed E-state index contributed by atoms with van der Waals surface area (Å²) in [7, 11) is 1.62. The van der Waals surface area contributed by atoms with Crippen LogP contribution in [0.1, 0.15) is 12.8 Å². The molecule has 2 fully saturated rings. The molecule has 0 bridgehead atoms. The van der Waals surface area contributed by atoms with E-state index < -0.39 is 0 Å². The van der Waals surface area contributed by atoms with Crippen molar-refractivity contribution in [1.82, 2.24) is 15.3 Å². The third-order valence-electron chi connectivity index (χ3n) is 4.28. The number of carbonyl (C=O) groups is 1. The Hall–Kier alpha value is -1.73. The highest BCUT2D eigenvalue weighted by atomic mass is 16.5. The lowest BCUT2D eigenvalue weighted by molar-refractivity contribution is -0.132. The van der Waals surface area contributed by atoms with Crippen LogP contribution in [0.15, 0.2) is 18.5 Å². The molecule has 2 saturated heterocycles. The number of hydrogen-bond donors (Lipinski definition) is 1. The molecule has 1 aromatic rings. The first kappa shape index (κ1) is 15.2. The van der Waals surface area contributed by atoms with Crippen molar-refractivity contribution in [3.8, 4) is 0 Å². The largest absolute Gasteiger partial charge is 0.383 e. The van der Waals surface area contributed by atoms with Gasteiger partial charge in [-0.1, -0.05) is 0 Å². The van der Waals surface area contributed by atoms with E-state index in [1.807, 2.05) is 6.07 Å². The minimum Gasteiger partial charge on any atom is -0.383 e. The molecule has 0 unspecified atom stereocenters. The molecule has 3 heterocycles. The van der Waals surface area contributed by atoms with E-state index >= 15 is 0 Å². The molecule has 120 valence electrons. The van der Waals surface area contributed by atoms with Crippen LogP contribution in [0.25, 0.3) is 0 Å². The maximum atomic E-state index is 12.1. The monoisotopic (exact) mass is 306 g/mol. The summed E-state index contributed by atoms with van der Waals surface area (Å²) >= 11 is 0. The first-order valence-corrected chi connectivity index (χ1v) is 7.72. The van der Waals surface area contributed by atoms with Gasteiger partial charge in [0.15, 0.2) is 0 Å². The van der Waals surface area contributed by atoms with Crippen LogP contribution in [0.4, 0.5) is 5.95 Å². The third-order valence-corrected chi connectivity index (χ3v) is 4.28. The molecule has 2 aliphatic heterocycles. The van der Waals surface area contributed by atoms with Crippen molar-refractivity contribution >= 4 is 11.9 Å². The predicted octanol–water partition coefficient (Wildman–Crippen LogP) is 0.223. The maximum Gasteiger partial charge on any atom is 0.249 e. The molecule has 0 spiro atoms. The second-order valence-electron chi connectivity index (χ2n) is 5.73. The van der Waals surface area contributed by atoms with Crippen molar-refractivity contribution in [1.29, 1.82) is 0 Å². The fourth-order valence-corrected chi connectivity index (χ4v) is 3.13. The number of nitrogens with one attached hydrogen (secondary N) is 1. The standard InChI is InChI=1S/C15H22N4O3/c1-21-8-6-16-14(20)12-9-11-3-7-19(10-13(11)22-12)15-17-4-2-5-18-15/h2,4-5,11-13H,3,6-10H2,1H3,(H,16,20)/t11-,12-,13-/m0/s1. The smallest absolute Gasteiger partial charge is 0.249 e. The zero-order chi connectivity index (χ0) is 15.4. The number of hydrogen-bond acceptors (Lipinski definition) is 6. The number of ether oxygens (including phenoxy) is 2. The fourth-order valence-electron chi connectivity index (χ4n) is 3.13. The molecule has 0 aliphatic carbocycles. The topological polar surface area (TPSA) is 76.6 Å². The average Bonchev–Trinajstić information content (AvgIpc) is 2.99. The predicted molar refractivity (Wildman–Crippen MR) is 80.5 cm³/mol. The van der Waals surface area contributed by atoms with Gasteiger partial charge in [-0.3, -0.25) is 4.79 Å². The summed E-state index contributed by atoms with van der Waals surface area (Å²) in [4.78, 5) is 22.8. The number of fused-ring (bicyclic) bond motifs is 1. The van der Waals surface area contributed by atoms with Crippen molar-refractivity contribution in [3.05, 3.63) is 18.5 Å². The minimum atomic E-state index is -0.344. The van der Waals surface area contributed by atoms with Gasteiger partial charge in [0, 0.05) is 39.1 Å². The van der Waals surface area contributed by atoms with Crippen LogP contribution in [-0.2, 0) is 14.3 Å². The molecule has 0 aromatic carbocycles. The van der Waals surface area contributed by atoms with Crippen molar-refractivity contribution in [2.24, 2.45) is 5.92 Å². The number of methoxy groups -OCH3 is 1. The van der Waals surface area contributed by atoms with E-state index in [9.17, 15) is 4.79 Å². The highest BCUT2D eigenvalue weighted by Gasteiger charge is 2.42. The van der Waals surface area contributed by atoms with Crippen molar-refractivity contribution < 1.29 is 14.3 Å². The fraction of sp³-hybridized carbons (Fsp3) is 0.667. The van der Waals surface area contributed by atoms with Crippen LogP contribution in [0.2, 0.25) is 0 Å². The summed E-state index contributed by atoms with van der Waals surface area (Å²) in [6.07, 6.45) is 5.03. The minimum absolute atomic E-state index is 0.0334. The number of piperidine rings is 1. The first-order chi connectivity index (χ1) is 10.8. The molecule has 1 amide bonds. The van der Waals surface area contributed by atoms with Crippen LogP contribution in [0, 0.1) is 5.92 Å². The molecule has 7 heteroatoms. The third kappa shape index (κ3) is 3.36. The van der Waals surface area contributed by atoms with Crippen molar-refractivity contribution in [2.75, 3.05) is 38.3 Å². The van der Waals surface area contributed by atoms with E-state index in [-0.39, 0.29) is 18.1 Å². The Morgan fingerprint density at radius 2 is 2.32 bits per heavy atom. The van der Waals surface area contributed by atoms with E-state index in [0.717, 1.165) is 31.9 Å². The number of anilines is 1. The molecule has 1 N–H and O–H groups in total. The molecule has 0 saturated carbocycles. The van der Waals surface area contributed by atoms with Gasteiger partial charge in [0.05, 0.1) is 12.7 Å². The van der Waals surface area contributed by atoms with E-state index in [1.165, 1.54) is 0 Å². The number of rotatable bonds is 5. The van der Waals surface area contributed by atoms with Crippen LogP contribution in [-0.4, -0.2) is 61.4 Å². The van der Waals surface area contributed by atoms with E-state index in [1.54, 1.807) is 19.5 Å². The Kier molecular flexibility index (Phi) is 4.84. The number of nitrogens with zero attached hydrogens (tertiary/aromatic N) is 3. The molecular weight excluding hydrogens is 284 g/mol. The van der Waals surface area contributed by atoms with Gasteiger partial charge in [0.1, 0.15) is 6.10 Å². The number of aromatic nitrogens is 2. The van der Waals surface area contributed by atoms with Gasteiger partial charge in [0.2, 0.25) is 11.9 Å². The van der Waals surface area contributed by atoms with Gasteiger partial charge in [0.25, 0.3) is 0 Å². The first-order valence-electron chi connectivity index (χ1n) is 7.72.